The second kappa shape index (κ2) is 4.84. The summed E-state index contributed by atoms with van der Waals surface area (Å²) in [6, 6.07) is 1.28. The van der Waals surface area contributed by atoms with E-state index in [1.165, 1.54) is 6.92 Å². The number of rotatable bonds is 3. The maximum Gasteiger partial charge on any atom is 0.185 e. The quantitative estimate of drug-likeness (QED) is 0.642. The lowest BCUT2D eigenvalue weighted by atomic mass is 10.2. The molecule has 0 aromatic heterocycles. The Kier molecular flexibility index (Phi) is 3.72. The predicted octanol–water partition coefficient (Wildman–Crippen LogP) is 2.96. The minimum atomic E-state index is -1.50. The molecule has 0 fully saturated rings. The normalized spacial score (nSPS) is 12.0. The Morgan fingerprint density at radius 3 is 2.19 bits per heavy atom. The van der Waals surface area contributed by atoms with Crippen LogP contribution >= 0.6 is 0 Å². The minimum absolute atomic E-state index is 0.0446. The molecule has 0 amide bonds. The Labute approximate surface area is 89.5 Å². The molecule has 2 nitrogen and oxygen atoms in total. The van der Waals surface area contributed by atoms with Gasteiger partial charge in [0.1, 0.15) is 5.69 Å². The van der Waals surface area contributed by atoms with Crippen LogP contribution in [0.4, 0.5) is 23.2 Å². The maximum atomic E-state index is 13.1. The number of benzene rings is 1. The molecular weight excluding hydrogens is 224 g/mol. The summed E-state index contributed by atoms with van der Waals surface area (Å²) < 4.78 is 51.8. The zero-order chi connectivity index (χ0) is 12.3. The number of halogens is 4. The van der Waals surface area contributed by atoms with Crippen LogP contribution in [0.5, 0.6) is 0 Å². The summed E-state index contributed by atoms with van der Waals surface area (Å²) in [5.41, 5.74) is -0.889. The number of nitrogens with one attached hydrogen (secondary N) is 1. The standard InChI is InChI=1S/C10H8F4N2/c1-5(2-3-15)16-10-8(13)6(11)4-7(12)9(10)14/h4-5,16H,2H2,1H3. The first-order chi connectivity index (χ1) is 7.47. The van der Waals surface area contributed by atoms with Gasteiger partial charge >= 0.3 is 0 Å². The Bertz CT molecular complexity index is 413. The molecule has 6 heteroatoms. The van der Waals surface area contributed by atoms with Gasteiger partial charge in [0, 0.05) is 12.1 Å². The fraction of sp³-hybridized carbons (Fsp3) is 0.300. The van der Waals surface area contributed by atoms with Crippen molar-refractivity contribution in [2.75, 3.05) is 5.32 Å². The monoisotopic (exact) mass is 232 g/mol. The van der Waals surface area contributed by atoms with Crippen molar-refractivity contribution in [3.05, 3.63) is 29.3 Å². The highest BCUT2D eigenvalue weighted by molar-refractivity contribution is 5.48. The molecule has 0 spiro atoms. The third-order valence-electron chi connectivity index (χ3n) is 1.90. The van der Waals surface area contributed by atoms with Crippen molar-refractivity contribution in [2.45, 2.75) is 19.4 Å². The summed E-state index contributed by atoms with van der Waals surface area (Å²) in [7, 11) is 0. The summed E-state index contributed by atoms with van der Waals surface area (Å²) in [6.07, 6.45) is -0.0446. The van der Waals surface area contributed by atoms with Crippen LogP contribution in [-0.4, -0.2) is 6.04 Å². The second-order valence-electron chi connectivity index (χ2n) is 3.25. The summed E-state index contributed by atoms with van der Waals surface area (Å²) in [5.74, 6) is -5.96. The number of nitriles is 1. The van der Waals surface area contributed by atoms with E-state index in [4.69, 9.17) is 5.26 Å². The molecule has 1 unspecified atom stereocenters. The molecule has 86 valence electrons. The van der Waals surface area contributed by atoms with E-state index >= 15 is 0 Å². The largest absolute Gasteiger partial charge is 0.377 e. The van der Waals surface area contributed by atoms with E-state index in [0.29, 0.717) is 0 Å². The average molecular weight is 232 g/mol. The summed E-state index contributed by atoms with van der Waals surface area (Å²) in [4.78, 5) is 0. The fourth-order valence-electron chi connectivity index (χ4n) is 1.13. The van der Waals surface area contributed by atoms with Crippen molar-refractivity contribution < 1.29 is 17.6 Å². The predicted molar refractivity (Wildman–Crippen MR) is 49.6 cm³/mol. The number of hydrogen-bond donors (Lipinski definition) is 1. The third kappa shape index (κ3) is 2.42. The topological polar surface area (TPSA) is 35.8 Å². The minimum Gasteiger partial charge on any atom is -0.377 e. The van der Waals surface area contributed by atoms with Crippen LogP contribution in [0.1, 0.15) is 13.3 Å². The van der Waals surface area contributed by atoms with Crippen LogP contribution in [0.25, 0.3) is 0 Å². The zero-order valence-electron chi connectivity index (χ0n) is 8.32. The van der Waals surface area contributed by atoms with E-state index in [2.05, 4.69) is 5.32 Å². The van der Waals surface area contributed by atoms with Crippen LogP contribution in [0.3, 0.4) is 0 Å². The molecule has 0 saturated heterocycles. The fourth-order valence-corrected chi connectivity index (χ4v) is 1.13. The van der Waals surface area contributed by atoms with Crippen LogP contribution in [0, 0.1) is 34.6 Å². The Morgan fingerprint density at radius 2 is 1.75 bits per heavy atom. The van der Waals surface area contributed by atoms with Crippen LogP contribution in [-0.2, 0) is 0 Å². The zero-order valence-corrected chi connectivity index (χ0v) is 8.32. The molecule has 0 aliphatic carbocycles. The molecule has 0 bridgehead atoms. The van der Waals surface area contributed by atoms with Gasteiger partial charge in [0.15, 0.2) is 23.3 Å². The maximum absolute atomic E-state index is 13.1. The first-order valence-electron chi connectivity index (χ1n) is 4.43. The summed E-state index contributed by atoms with van der Waals surface area (Å²) in [6.45, 7) is 1.46. The number of anilines is 1. The summed E-state index contributed by atoms with van der Waals surface area (Å²) in [5, 5.41) is 10.5. The van der Waals surface area contributed by atoms with E-state index in [1.807, 2.05) is 0 Å². The van der Waals surface area contributed by atoms with Crippen molar-refractivity contribution in [1.29, 1.82) is 5.26 Å². The molecule has 0 aliphatic heterocycles. The molecule has 1 aromatic rings. The van der Waals surface area contributed by atoms with E-state index < -0.39 is 35.0 Å². The van der Waals surface area contributed by atoms with Crippen molar-refractivity contribution in [1.82, 2.24) is 0 Å². The number of hydrogen-bond acceptors (Lipinski definition) is 2. The van der Waals surface area contributed by atoms with Crippen LogP contribution < -0.4 is 5.32 Å². The van der Waals surface area contributed by atoms with Crippen molar-refractivity contribution >= 4 is 5.69 Å². The van der Waals surface area contributed by atoms with Crippen molar-refractivity contribution in [3.8, 4) is 6.07 Å². The van der Waals surface area contributed by atoms with E-state index in [1.54, 1.807) is 6.07 Å². The van der Waals surface area contributed by atoms with Crippen LogP contribution in [0.15, 0.2) is 6.07 Å². The molecule has 0 aliphatic rings. The lowest BCUT2D eigenvalue weighted by molar-refractivity contribution is 0.457. The van der Waals surface area contributed by atoms with E-state index in [0.717, 1.165) is 0 Å². The molecular formula is C10H8F4N2. The van der Waals surface area contributed by atoms with Gasteiger partial charge in [-0.1, -0.05) is 0 Å². The first kappa shape index (κ1) is 12.3. The highest BCUT2D eigenvalue weighted by Gasteiger charge is 2.20. The van der Waals surface area contributed by atoms with Crippen molar-refractivity contribution in [2.24, 2.45) is 0 Å². The number of nitrogens with zero attached hydrogens (tertiary/aromatic N) is 1. The van der Waals surface area contributed by atoms with Gasteiger partial charge in [-0.2, -0.15) is 5.26 Å². The second-order valence-corrected chi connectivity index (χ2v) is 3.25. The lowest BCUT2D eigenvalue weighted by Crippen LogP contribution is -2.17. The van der Waals surface area contributed by atoms with Gasteiger partial charge in [-0.05, 0) is 6.92 Å². The molecule has 16 heavy (non-hydrogen) atoms. The Hall–Kier alpha value is -1.77. The summed E-state index contributed by atoms with van der Waals surface area (Å²) >= 11 is 0. The van der Waals surface area contributed by atoms with Gasteiger partial charge in [0.25, 0.3) is 0 Å². The van der Waals surface area contributed by atoms with Gasteiger partial charge in [-0.3, -0.25) is 0 Å². The highest BCUT2D eigenvalue weighted by Crippen LogP contribution is 2.24. The van der Waals surface area contributed by atoms with Crippen molar-refractivity contribution in [3.63, 3.8) is 0 Å². The Balaban J connectivity index is 3.08. The van der Waals surface area contributed by atoms with Crippen LogP contribution in [0.2, 0.25) is 0 Å². The third-order valence-corrected chi connectivity index (χ3v) is 1.90. The highest BCUT2D eigenvalue weighted by atomic mass is 19.2. The Morgan fingerprint density at radius 1 is 1.25 bits per heavy atom. The molecule has 1 aromatic carbocycles. The smallest absolute Gasteiger partial charge is 0.185 e. The molecule has 0 radical (unpaired) electrons. The van der Waals surface area contributed by atoms with E-state index in [9.17, 15) is 17.6 Å². The van der Waals surface area contributed by atoms with Gasteiger partial charge in [-0.15, -0.1) is 0 Å². The molecule has 1 N–H and O–H groups in total. The first-order valence-corrected chi connectivity index (χ1v) is 4.43. The van der Waals surface area contributed by atoms with Gasteiger partial charge in [0.05, 0.1) is 12.5 Å². The molecule has 0 heterocycles. The van der Waals surface area contributed by atoms with Gasteiger partial charge in [-0.25, -0.2) is 17.6 Å². The average Bonchev–Trinajstić information content (AvgIpc) is 2.22. The molecule has 1 atom stereocenters. The van der Waals surface area contributed by atoms with Gasteiger partial charge in [0.2, 0.25) is 0 Å². The van der Waals surface area contributed by atoms with Gasteiger partial charge < -0.3 is 5.32 Å². The molecule has 0 saturated carbocycles. The molecule has 1 rings (SSSR count). The van der Waals surface area contributed by atoms with E-state index in [-0.39, 0.29) is 12.5 Å². The SMILES string of the molecule is CC(CC#N)Nc1c(F)c(F)cc(F)c1F. The lowest BCUT2D eigenvalue weighted by Gasteiger charge is -2.14.